The summed E-state index contributed by atoms with van der Waals surface area (Å²) in [6.45, 7) is 5.48. The smallest absolute Gasteiger partial charge is 0.280 e. The van der Waals surface area contributed by atoms with E-state index in [1.54, 1.807) is 6.07 Å². The van der Waals surface area contributed by atoms with Crippen LogP contribution >= 0.6 is 11.3 Å². The van der Waals surface area contributed by atoms with Crippen LogP contribution in [0, 0.1) is 5.82 Å². The second-order valence-electron chi connectivity index (χ2n) is 7.78. The molecule has 0 saturated carbocycles. The molecule has 0 unspecified atom stereocenters. The molecule has 2 aromatic heterocycles. The first-order valence-corrected chi connectivity index (χ1v) is 10.9. The maximum absolute atomic E-state index is 13.8. The third-order valence-corrected chi connectivity index (χ3v) is 5.86. The molecule has 1 aromatic carbocycles. The molecule has 3 aromatic rings. The Hall–Kier alpha value is -2.59. The second kappa shape index (κ2) is 9.05. The summed E-state index contributed by atoms with van der Waals surface area (Å²) in [5.41, 5.74) is 2.16. The number of carbonyl (C=O) groups excluding carboxylic acids is 1. The van der Waals surface area contributed by atoms with Crippen molar-refractivity contribution in [2.75, 3.05) is 18.5 Å². The van der Waals surface area contributed by atoms with Gasteiger partial charge in [0.05, 0.1) is 0 Å². The molecule has 7 nitrogen and oxygen atoms in total. The van der Waals surface area contributed by atoms with Crippen LogP contribution in [0.3, 0.4) is 0 Å². The van der Waals surface area contributed by atoms with E-state index in [0.717, 1.165) is 31.3 Å². The number of carbonyl (C=O) groups is 1. The van der Waals surface area contributed by atoms with Crippen molar-refractivity contribution in [2.24, 2.45) is 0 Å². The predicted octanol–water partition coefficient (Wildman–Crippen LogP) is 2.77. The van der Waals surface area contributed by atoms with Gasteiger partial charge in [-0.05, 0) is 31.0 Å². The number of hydrogen-bond donors (Lipinski definition) is 2. The average molecular weight is 427 g/mol. The van der Waals surface area contributed by atoms with Gasteiger partial charge >= 0.3 is 0 Å². The fraction of sp³-hybridized carbons (Fsp3) is 0.400. The van der Waals surface area contributed by atoms with Crippen LogP contribution in [0.1, 0.15) is 36.5 Å². The number of fused-ring (bicyclic) bond motifs is 1. The van der Waals surface area contributed by atoms with Crippen molar-refractivity contribution < 1.29 is 13.9 Å². The monoisotopic (exact) mass is 427 g/mol. The molecule has 4 rings (SSSR count). The molecule has 0 spiro atoms. The van der Waals surface area contributed by atoms with Gasteiger partial charge in [0.15, 0.2) is 18.1 Å². The highest BCUT2D eigenvalue weighted by atomic mass is 32.1. The van der Waals surface area contributed by atoms with Crippen molar-refractivity contribution in [2.45, 2.75) is 38.5 Å². The van der Waals surface area contributed by atoms with Crippen molar-refractivity contribution in [3.8, 4) is 0 Å². The van der Waals surface area contributed by atoms with Crippen molar-refractivity contribution in [3.63, 3.8) is 0 Å². The van der Waals surface area contributed by atoms with Gasteiger partial charge in [0.25, 0.3) is 5.91 Å². The van der Waals surface area contributed by atoms with Gasteiger partial charge in [-0.1, -0.05) is 36.5 Å². The van der Waals surface area contributed by atoms with Gasteiger partial charge in [-0.2, -0.15) is 0 Å². The summed E-state index contributed by atoms with van der Waals surface area (Å²) in [6.07, 6.45) is 3.04. The lowest BCUT2D eigenvalue weighted by molar-refractivity contribution is 0.0696. The summed E-state index contributed by atoms with van der Waals surface area (Å²) >= 11 is 1.23. The van der Waals surface area contributed by atoms with Gasteiger partial charge in [0.1, 0.15) is 22.5 Å². The van der Waals surface area contributed by atoms with Crippen LogP contribution in [-0.4, -0.2) is 47.4 Å². The van der Waals surface area contributed by atoms with Gasteiger partial charge < -0.3 is 15.4 Å². The molecule has 1 amide bonds. The normalized spacial score (nSPS) is 14.8. The number of ether oxygens (including phenoxy) is 1. The summed E-state index contributed by atoms with van der Waals surface area (Å²) in [5.74, 6) is 0.387. The number of amides is 1. The van der Waals surface area contributed by atoms with E-state index in [0.29, 0.717) is 40.2 Å². The lowest BCUT2D eigenvalue weighted by Crippen LogP contribution is -2.38. The quantitative estimate of drug-likeness (QED) is 0.589. The first kappa shape index (κ1) is 20.7. The maximum Gasteiger partial charge on any atom is 0.280 e. The van der Waals surface area contributed by atoms with Gasteiger partial charge in [-0.3, -0.25) is 4.79 Å². The van der Waals surface area contributed by atoms with Crippen LogP contribution < -0.4 is 16.1 Å². The average Bonchev–Trinajstić information content (AvgIpc) is 3.16. The Morgan fingerprint density at radius 3 is 2.87 bits per heavy atom. The topological polar surface area (TPSA) is 89.0 Å². The van der Waals surface area contributed by atoms with Crippen LogP contribution in [0.25, 0.3) is 10.3 Å². The lowest BCUT2D eigenvalue weighted by Gasteiger charge is -2.22. The highest BCUT2D eigenvalue weighted by Gasteiger charge is 2.21. The van der Waals surface area contributed by atoms with E-state index in [-0.39, 0.29) is 17.8 Å². The Bertz CT molecular complexity index is 1050. The minimum Gasteiger partial charge on any atom is -0.381 e. The third-order valence-electron chi connectivity index (χ3n) is 4.89. The largest absolute Gasteiger partial charge is 0.381 e. The fourth-order valence-corrected chi connectivity index (χ4v) is 4.26. The molecule has 10 heteroatoms. The SMILES string of the molecule is CC(C)Bc1cc(F)ccc1Nc1ncnc2sc(C(=O)NC3CCOCC3)nc12. The Labute approximate surface area is 178 Å². The van der Waals surface area contributed by atoms with Crippen LogP contribution in [0.5, 0.6) is 0 Å². The van der Waals surface area contributed by atoms with Crippen LogP contribution in [0.15, 0.2) is 24.5 Å². The highest BCUT2D eigenvalue weighted by molar-refractivity contribution is 7.20. The van der Waals surface area contributed by atoms with Gasteiger partial charge in [0.2, 0.25) is 0 Å². The molecule has 0 radical (unpaired) electrons. The molecule has 1 fully saturated rings. The summed E-state index contributed by atoms with van der Waals surface area (Å²) in [6, 6.07) is 4.75. The Balaban J connectivity index is 1.59. The molecule has 2 N–H and O–H groups in total. The zero-order chi connectivity index (χ0) is 21.1. The number of anilines is 2. The lowest BCUT2D eigenvalue weighted by atomic mass is 9.60. The highest BCUT2D eigenvalue weighted by Crippen LogP contribution is 2.27. The standard InChI is InChI=1S/C20H23BFN5O2S/c1-11(2)21-14-9-12(22)3-4-15(14)26-17-16-19(24-10-23-17)30-20(27-16)18(28)25-13-5-7-29-8-6-13/h3-4,9-11,13,21H,5-8H2,1-2H3,(H,25,28)(H,23,24,26). The van der Waals surface area contributed by atoms with E-state index in [1.807, 2.05) is 0 Å². The number of hydrogen-bond acceptors (Lipinski definition) is 7. The van der Waals surface area contributed by atoms with Crippen molar-refractivity contribution in [3.05, 3.63) is 35.4 Å². The Morgan fingerprint density at radius 2 is 2.10 bits per heavy atom. The summed E-state index contributed by atoms with van der Waals surface area (Å²) in [5, 5.41) is 6.63. The third kappa shape index (κ3) is 4.76. The Kier molecular flexibility index (Phi) is 6.24. The van der Waals surface area contributed by atoms with E-state index in [9.17, 15) is 9.18 Å². The van der Waals surface area contributed by atoms with Crippen LogP contribution in [0.4, 0.5) is 15.9 Å². The molecule has 30 heavy (non-hydrogen) atoms. The minimum atomic E-state index is -0.273. The van der Waals surface area contributed by atoms with E-state index in [4.69, 9.17) is 4.74 Å². The van der Waals surface area contributed by atoms with Crippen molar-refractivity contribution >= 4 is 51.8 Å². The minimum absolute atomic E-state index is 0.0970. The summed E-state index contributed by atoms with van der Waals surface area (Å²) in [7, 11) is 0.726. The fourth-order valence-electron chi connectivity index (χ4n) is 3.45. The first-order valence-electron chi connectivity index (χ1n) is 10.0. The number of benzene rings is 1. The molecule has 0 bridgehead atoms. The predicted molar refractivity (Wildman–Crippen MR) is 118 cm³/mol. The summed E-state index contributed by atoms with van der Waals surface area (Å²) in [4.78, 5) is 26.3. The molecule has 156 valence electrons. The molecular formula is C20H23BFN5O2S. The maximum atomic E-state index is 13.8. The van der Waals surface area contributed by atoms with Crippen molar-refractivity contribution in [1.29, 1.82) is 0 Å². The number of thiazole rings is 1. The molecule has 3 heterocycles. The number of nitrogens with one attached hydrogen (secondary N) is 2. The van der Waals surface area contributed by atoms with Crippen LogP contribution in [0.2, 0.25) is 5.82 Å². The number of nitrogens with zero attached hydrogens (tertiary/aromatic N) is 3. The number of halogens is 1. The van der Waals surface area contributed by atoms with Gasteiger partial charge in [0, 0.05) is 24.9 Å². The van der Waals surface area contributed by atoms with E-state index < -0.39 is 0 Å². The molecule has 1 saturated heterocycles. The van der Waals surface area contributed by atoms with E-state index >= 15 is 0 Å². The van der Waals surface area contributed by atoms with Crippen LogP contribution in [-0.2, 0) is 4.74 Å². The second-order valence-corrected chi connectivity index (χ2v) is 8.76. The molecular weight excluding hydrogens is 404 g/mol. The molecule has 1 aliphatic heterocycles. The molecule has 0 atom stereocenters. The molecule has 1 aliphatic rings. The van der Waals surface area contributed by atoms with Crippen molar-refractivity contribution in [1.82, 2.24) is 20.3 Å². The first-order chi connectivity index (χ1) is 14.5. The number of rotatable bonds is 6. The van der Waals surface area contributed by atoms with E-state index in [2.05, 4.69) is 39.4 Å². The summed E-state index contributed by atoms with van der Waals surface area (Å²) < 4.78 is 19.1. The zero-order valence-electron chi connectivity index (χ0n) is 16.9. The Morgan fingerprint density at radius 1 is 1.30 bits per heavy atom. The van der Waals surface area contributed by atoms with E-state index in [1.165, 1.54) is 29.8 Å². The number of aromatic nitrogens is 3. The van der Waals surface area contributed by atoms with Gasteiger partial charge in [-0.15, -0.1) is 0 Å². The molecule has 0 aliphatic carbocycles. The zero-order valence-corrected chi connectivity index (χ0v) is 17.8. The van der Waals surface area contributed by atoms with Gasteiger partial charge in [-0.25, -0.2) is 19.3 Å².